The minimum Gasteiger partial charge on any atom is -0.314 e. The molecule has 0 spiro atoms. The summed E-state index contributed by atoms with van der Waals surface area (Å²) in [7, 11) is -3.51. The van der Waals surface area contributed by atoms with Gasteiger partial charge in [-0.2, -0.15) is 4.31 Å². The van der Waals surface area contributed by atoms with E-state index in [2.05, 4.69) is 15.2 Å². The van der Waals surface area contributed by atoms with Crippen LogP contribution < -0.4 is 5.32 Å². The first kappa shape index (κ1) is 19.7. The van der Waals surface area contributed by atoms with Gasteiger partial charge in [0.15, 0.2) is 5.03 Å². The predicted octanol–water partition coefficient (Wildman–Crippen LogP) is 1.90. The highest BCUT2D eigenvalue weighted by Crippen LogP contribution is 2.29. The van der Waals surface area contributed by atoms with Crippen LogP contribution in [0.4, 0.5) is 0 Å². The van der Waals surface area contributed by atoms with Gasteiger partial charge in [0.25, 0.3) is 10.0 Å². The Balaban J connectivity index is 0.00000196. The number of thiazole rings is 1. The molecule has 2 aromatic rings. The van der Waals surface area contributed by atoms with Crippen molar-refractivity contribution in [3.63, 3.8) is 0 Å². The highest BCUT2D eigenvalue weighted by molar-refractivity contribution is 7.89. The van der Waals surface area contributed by atoms with Crippen molar-refractivity contribution in [2.24, 2.45) is 0 Å². The number of nitrogens with one attached hydrogen (secondary N) is 1. The molecule has 2 fully saturated rings. The summed E-state index contributed by atoms with van der Waals surface area (Å²) in [5.74, 6) is 0. The van der Waals surface area contributed by atoms with Gasteiger partial charge in [0, 0.05) is 56.3 Å². The second kappa shape index (κ2) is 8.33. The van der Waals surface area contributed by atoms with Gasteiger partial charge >= 0.3 is 0 Å². The van der Waals surface area contributed by atoms with Crippen LogP contribution in [0, 0.1) is 0 Å². The van der Waals surface area contributed by atoms with Crippen LogP contribution in [0.1, 0.15) is 6.42 Å². The molecule has 1 N–H and O–H groups in total. The smallest absolute Gasteiger partial charge is 0.261 e. The number of nitrogens with zero attached hydrogens (tertiary/aromatic N) is 3. The van der Waals surface area contributed by atoms with Gasteiger partial charge in [-0.1, -0.05) is 30.3 Å². The first-order valence-corrected chi connectivity index (χ1v) is 10.9. The van der Waals surface area contributed by atoms with Crippen LogP contribution in [-0.2, 0) is 10.0 Å². The van der Waals surface area contributed by atoms with Crippen LogP contribution >= 0.6 is 23.7 Å². The normalized spacial score (nSPS) is 22.2. The van der Waals surface area contributed by atoms with E-state index in [1.54, 1.807) is 9.69 Å². The van der Waals surface area contributed by atoms with Gasteiger partial charge in [0.05, 0.1) is 0 Å². The summed E-state index contributed by atoms with van der Waals surface area (Å²) in [4.78, 5) is 6.80. The largest absolute Gasteiger partial charge is 0.314 e. The summed E-state index contributed by atoms with van der Waals surface area (Å²) in [6.07, 6.45) is 0.898. The molecule has 3 heterocycles. The molecule has 1 atom stereocenters. The highest BCUT2D eigenvalue weighted by Gasteiger charge is 2.36. The lowest BCUT2D eigenvalue weighted by atomic mass is 10.2. The van der Waals surface area contributed by atoms with Gasteiger partial charge < -0.3 is 5.32 Å². The third-order valence-electron chi connectivity index (χ3n) is 4.90. The summed E-state index contributed by atoms with van der Waals surface area (Å²) in [5.41, 5.74) is 0.953. The van der Waals surface area contributed by atoms with E-state index in [9.17, 15) is 8.42 Å². The van der Waals surface area contributed by atoms with Crippen LogP contribution in [0.3, 0.4) is 0 Å². The molecule has 0 aliphatic carbocycles. The quantitative estimate of drug-likeness (QED) is 0.827. The zero-order valence-corrected chi connectivity index (χ0v) is 16.8. The second-order valence-electron chi connectivity index (χ2n) is 6.45. The fraction of sp³-hybridized carbons (Fsp3) is 0.471. The van der Waals surface area contributed by atoms with E-state index in [1.165, 1.54) is 11.3 Å². The van der Waals surface area contributed by atoms with Crippen molar-refractivity contribution in [2.45, 2.75) is 17.5 Å². The number of rotatable bonds is 4. The number of piperazine rings is 1. The lowest BCUT2D eigenvalue weighted by Gasteiger charge is -2.32. The van der Waals surface area contributed by atoms with Crippen molar-refractivity contribution in [1.82, 2.24) is 19.5 Å². The number of halogens is 1. The summed E-state index contributed by atoms with van der Waals surface area (Å²) in [6, 6.07) is 10.0. The van der Waals surface area contributed by atoms with Crippen molar-refractivity contribution >= 4 is 33.8 Å². The van der Waals surface area contributed by atoms with Gasteiger partial charge in [-0.15, -0.1) is 23.7 Å². The van der Waals surface area contributed by atoms with Gasteiger partial charge in [0.1, 0.15) is 5.01 Å². The molecule has 1 aromatic carbocycles. The van der Waals surface area contributed by atoms with Crippen LogP contribution in [0.5, 0.6) is 0 Å². The average Bonchev–Trinajstić information content (AvgIpc) is 3.34. The Morgan fingerprint density at radius 1 is 1.12 bits per heavy atom. The molecule has 1 aromatic heterocycles. The fourth-order valence-corrected chi connectivity index (χ4v) is 6.06. The van der Waals surface area contributed by atoms with Crippen LogP contribution in [-0.4, -0.2) is 67.9 Å². The number of sulfonamides is 1. The van der Waals surface area contributed by atoms with E-state index < -0.39 is 10.0 Å². The third kappa shape index (κ3) is 3.95. The van der Waals surface area contributed by atoms with Crippen molar-refractivity contribution in [1.29, 1.82) is 0 Å². The average molecular weight is 415 g/mol. The maximum Gasteiger partial charge on any atom is 0.261 e. The maximum absolute atomic E-state index is 12.9. The topological polar surface area (TPSA) is 65.5 Å². The van der Waals surface area contributed by atoms with Crippen molar-refractivity contribution < 1.29 is 8.42 Å². The number of benzene rings is 1. The molecule has 1 unspecified atom stereocenters. The highest BCUT2D eigenvalue weighted by atomic mass is 35.5. The molecule has 0 saturated carbocycles. The Labute approximate surface area is 164 Å². The minimum absolute atomic E-state index is 0. The fourth-order valence-electron chi connectivity index (χ4n) is 3.50. The molecule has 2 aliphatic rings. The molecule has 26 heavy (non-hydrogen) atoms. The maximum atomic E-state index is 12.9. The molecule has 6 nitrogen and oxygen atoms in total. The van der Waals surface area contributed by atoms with E-state index in [0.717, 1.165) is 43.2 Å². The molecular formula is C17H23ClN4O2S2. The molecule has 0 amide bonds. The number of aromatic nitrogens is 1. The Kier molecular flexibility index (Phi) is 6.32. The zero-order chi connectivity index (χ0) is 17.3. The Bertz CT molecular complexity index is 822. The second-order valence-corrected chi connectivity index (χ2v) is 9.19. The van der Waals surface area contributed by atoms with Crippen molar-refractivity contribution in [3.8, 4) is 10.6 Å². The van der Waals surface area contributed by atoms with Gasteiger partial charge in [0.2, 0.25) is 0 Å². The number of hydrogen-bond donors (Lipinski definition) is 1. The molecule has 2 saturated heterocycles. The standard InChI is InChI=1S/C17H22N4O2S2.ClH/c22-25(23,16-13-24-17(19-16)14-4-2-1-3-5-14)21-9-6-15(12-21)20-10-7-18-8-11-20;/h1-5,13,15,18H,6-12H2;1H. The van der Waals surface area contributed by atoms with E-state index in [1.807, 2.05) is 30.3 Å². The predicted molar refractivity (Wildman–Crippen MR) is 106 cm³/mol. The van der Waals surface area contributed by atoms with Crippen LogP contribution in [0.15, 0.2) is 40.7 Å². The summed E-state index contributed by atoms with van der Waals surface area (Å²) in [6.45, 7) is 5.10. The molecule has 142 valence electrons. The molecule has 0 bridgehead atoms. The number of hydrogen-bond acceptors (Lipinski definition) is 6. The minimum atomic E-state index is -3.51. The zero-order valence-electron chi connectivity index (χ0n) is 14.4. The lowest BCUT2D eigenvalue weighted by Crippen LogP contribution is -2.49. The Morgan fingerprint density at radius 3 is 2.58 bits per heavy atom. The van der Waals surface area contributed by atoms with Crippen LogP contribution in [0.25, 0.3) is 10.6 Å². The summed E-state index contributed by atoms with van der Waals surface area (Å²) < 4.78 is 27.5. The molecule has 0 radical (unpaired) electrons. The molecule has 2 aliphatic heterocycles. The van der Waals surface area contributed by atoms with Gasteiger partial charge in [-0.05, 0) is 6.42 Å². The molecule has 9 heteroatoms. The first-order valence-electron chi connectivity index (χ1n) is 8.60. The van der Waals surface area contributed by atoms with Crippen molar-refractivity contribution in [2.75, 3.05) is 39.3 Å². The third-order valence-corrected chi connectivity index (χ3v) is 7.69. The lowest BCUT2D eigenvalue weighted by molar-refractivity contribution is 0.179. The first-order chi connectivity index (χ1) is 12.1. The SMILES string of the molecule is Cl.O=S(=O)(c1csc(-c2ccccc2)n1)N1CCC(N2CCNCC2)C1. The Morgan fingerprint density at radius 2 is 1.85 bits per heavy atom. The monoisotopic (exact) mass is 414 g/mol. The van der Waals surface area contributed by atoms with E-state index >= 15 is 0 Å². The summed E-state index contributed by atoms with van der Waals surface area (Å²) in [5, 5.41) is 5.93. The molecular weight excluding hydrogens is 392 g/mol. The van der Waals surface area contributed by atoms with Crippen molar-refractivity contribution in [3.05, 3.63) is 35.7 Å². The summed E-state index contributed by atoms with van der Waals surface area (Å²) >= 11 is 1.38. The molecule has 4 rings (SSSR count). The van der Waals surface area contributed by atoms with Crippen LogP contribution in [0.2, 0.25) is 0 Å². The van der Waals surface area contributed by atoms with Gasteiger partial charge in [-0.25, -0.2) is 13.4 Å². The van der Waals surface area contributed by atoms with E-state index in [-0.39, 0.29) is 17.4 Å². The van der Waals surface area contributed by atoms with Gasteiger partial charge in [-0.3, -0.25) is 4.90 Å². The van der Waals surface area contributed by atoms with E-state index in [4.69, 9.17) is 0 Å². The Hall–Kier alpha value is -1.03. The van der Waals surface area contributed by atoms with E-state index in [0.29, 0.717) is 19.1 Å².